The average molecular weight is 329 g/mol. The van der Waals surface area contributed by atoms with Crippen molar-refractivity contribution in [2.75, 3.05) is 25.3 Å². The molecule has 0 aliphatic carbocycles. The third kappa shape index (κ3) is 2.84. The van der Waals surface area contributed by atoms with Crippen molar-refractivity contribution in [3.05, 3.63) is 35.4 Å². The number of rotatable bonds is 3. The van der Waals surface area contributed by atoms with E-state index in [2.05, 4.69) is 29.2 Å². The molecule has 21 heavy (non-hydrogen) atoms. The Bertz CT molecular complexity index is 620. The molecule has 0 bridgehead atoms. The predicted molar refractivity (Wildman–Crippen MR) is 84.9 cm³/mol. The number of sulfonamides is 1. The van der Waals surface area contributed by atoms with Crippen LogP contribution in [-0.4, -0.2) is 49.0 Å². The molecule has 6 heteroatoms. The van der Waals surface area contributed by atoms with Crippen LogP contribution in [0.15, 0.2) is 24.3 Å². The number of nitrogens with zero attached hydrogens (tertiary/aromatic N) is 2. The fourth-order valence-electron chi connectivity index (χ4n) is 3.57. The van der Waals surface area contributed by atoms with E-state index in [9.17, 15) is 8.42 Å². The first-order chi connectivity index (χ1) is 10.0. The standard InChI is InChI=1S/C15H21ClN2O2S/c1-17(21(19,20)11-16)13-7-9-18-8-6-12-4-2-3-5-14(12)15(18)10-13/h2-5,13,15H,6-11H2,1H3/t13-,15+/m1/s1. The minimum atomic E-state index is -3.33. The van der Waals surface area contributed by atoms with Gasteiger partial charge in [-0.25, -0.2) is 12.7 Å². The maximum Gasteiger partial charge on any atom is 0.228 e. The van der Waals surface area contributed by atoms with E-state index in [4.69, 9.17) is 11.6 Å². The number of alkyl halides is 1. The first kappa shape index (κ1) is 15.3. The Morgan fingerprint density at radius 3 is 2.86 bits per heavy atom. The van der Waals surface area contributed by atoms with Gasteiger partial charge in [-0.15, -0.1) is 11.6 Å². The summed E-state index contributed by atoms with van der Waals surface area (Å²) in [6.45, 7) is 2.02. The summed E-state index contributed by atoms with van der Waals surface area (Å²) in [6, 6.07) is 8.91. The molecule has 1 aromatic carbocycles. The van der Waals surface area contributed by atoms with Crippen LogP contribution in [0.3, 0.4) is 0 Å². The van der Waals surface area contributed by atoms with Crippen LogP contribution >= 0.6 is 11.6 Å². The Balaban J connectivity index is 1.84. The molecule has 0 radical (unpaired) electrons. The molecule has 0 amide bonds. The minimum absolute atomic E-state index is 0.0427. The smallest absolute Gasteiger partial charge is 0.228 e. The highest BCUT2D eigenvalue weighted by molar-refractivity contribution is 7.90. The van der Waals surface area contributed by atoms with Crippen LogP contribution in [0.25, 0.3) is 0 Å². The Morgan fingerprint density at radius 1 is 1.33 bits per heavy atom. The number of hydrogen-bond donors (Lipinski definition) is 0. The molecule has 0 saturated carbocycles. The number of fused-ring (bicyclic) bond motifs is 3. The lowest BCUT2D eigenvalue weighted by molar-refractivity contribution is 0.0971. The molecule has 1 aromatic rings. The Morgan fingerprint density at radius 2 is 2.10 bits per heavy atom. The van der Waals surface area contributed by atoms with Gasteiger partial charge in [-0.3, -0.25) is 4.90 Å². The quantitative estimate of drug-likeness (QED) is 0.799. The van der Waals surface area contributed by atoms with Crippen molar-refractivity contribution in [2.24, 2.45) is 0 Å². The van der Waals surface area contributed by atoms with Crippen molar-refractivity contribution in [3.8, 4) is 0 Å². The van der Waals surface area contributed by atoms with Crippen molar-refractivity contribution in [3.63, 3.8) is 0 Å². The van der Waals surface area contributed by atoms with E-state index < -0.39 is 10.0 Å². The minimum Gasteiger partial charge on any atom is -0.296 e. The van der Waals surface area contributed by atoms with E-state index in [1.54, 1.807) is 7.05 Å². The fourth-order valence-corrected chi connectivity index (χ4v) is 4.83. The van der Waals surface area contributed by atoms with Gasteiger partial charge in [0.05, 0.1) is 0 Å². The first-order valence-electron chi connectivity index (χ1n) is 7.36. The van der Waals surface area contributed by atoms with Gasteiger partial charge < -0.3 is 0 Å². The van der Waals surface area contributed by atoms with Gasteiger partial charge in [0.2, 0.25) is 10.0 Å². The van der Waals surface area contributed by atoms with Crippen LogP contribution in [0.4, 0.5) is 0 Å². The van der Waals surface area contributed by atoms with Crippen molar-refractivity contribution >= 4 is 21.6 Å². The number of halogens is 1. The molecular weight excluding hydrogens is 308 g/mol. The van der Waals surface area contributed by atoms with Gasteiger partial charge in [0.25, 0.3) is 0 Å². The number of hydrogen-bond acceptors (Lipinski definition) is 3. The highest BCUT2D eigenvalue weighted by Crippen LogP contribution is 2.38. The second-order valence-electron chi connectivity index (χ2n) is 5.92. The molecule has 4 nitrogen and oxygen atoms in total. The molecule has 2 atom stereocenters. The average Bonchev–Trinajstić information content (AvgIpc) is 2.53. The molecule has 1 saturated heterocycles. The molecule has 0 aromatic heterocycles. The van der Waals surface area contributed by atoms with E-state index in [-0.39, 0.29) is 11.3 Å². The van der Waals surface area contributed by atoms with Crippen LogP contribution in [0.1, 0.15) is 30.0 Å². The van der Waals surface area contributed by atoms with Crippen molar-refractivity contribution in [2.45, 2.75) is 31.3 Å². The van der Waals surface area contributed by atoms with Crippen molar-refractivity contribution in [1.29, 1.82) is 0 Å². The van der Waals surface area contributed by atoms with Crippen molar-refractivity contribution < 1.29 is 8.42 Å². The molecule has 3 rings (SSSR count). The lowest BCUT2D eigenvalue weighted by atomic mass is 9.85. The Hall–Kier alpha value is -0.620. The zero-order valence-corrected chi connectivity index (χ0v) is 13.8. The Kier molecular flexibility index (Phi) is 4.28. The number of piperidine rings is 1. The van der Waals surface area contributed by atoms with Crippen LogP contribution in [0, 0.1) is 0 Å². The molecule has 2 heterocycles. The third-order valence-electron chi connectivity index (χ3n) is 4.86. The monoisotopic (exact) mass is 328 g/mol. The maximum absolute atomic E-state index is 12.0. The zero-order valence-electron chi connectivity index (χ0n) is 12.2. The van der Waals surface area contributed by atoms with E-state index in [0.717, 1.165) is 32.4 Å². The summed E-state index contributed by atoms with van der Waals surface area (Å²) in [7, 11) is -1.67. The molecule has 2 aliphatic heterocycles. The molecule has 0 spiro atoms. The highest BCUT2D eigenvalue weighted by atomic mass is 35.5. The van der Waals surface area contributed by atoms with Crippen molar-refractivity contribution in [1.82, 2.24) is 9.21 Å². The van der Waals surface area contributed by atoms with Crippen LogP contribution in [-0.2, 0) is 16.4 Å². The lowest BCUT2D eigenvalue weighted by Gasteiger charge is -2.45. The lowest BCUT2D eigenvalue weighted by Crippen LogP contribution is -2.49. The fraction of sp³-hybridized carbons (Fsp3) is 0.600. The summed E-state index contributed by atoms with van der Waals surface area (Å²) in [5, 5.41) is -0.342. The molecule has 1 fully saturated rings. The number of benzene rings is 1. The van der Waals surface area contributed by atoms with Gasteiger partial charge in [-0.2, -0.15) is 0 Å². The van der Waals surface area contributed by atoms with E-state index >= 15 is 0 Å². The van der Waals surface area contributed by atoms with Gasteiger partial charge in [-0.05, 0) is 30.4 Å². The van der Waals surface area contributed by atoms with Gasteiger partial charge in [-0.1, -0.05) is 24.3 Å². The summed E-state index contributed by atoms with van der Waals surface area (Å²) >= 11 is 5.59. The molecular formula is C15H21ClN2O2S. The summed E-state index contributed by atoms with van der Waals surface area (Å²) in [5.74, 6) is 0. The van der Waals surface area contributed by atoms with Gasteiger partial charge >= 0.3 is 0 Å². The SMILES string of the molecule is CN([C@@H]1CCN2CCc3ccccc3[C@@H]2C1)S(=O)(=O)CCl. The summed E-state index contributed by atoms with van der Waals surface area (Å²) in [4.78, 5) is 2.49. The largest absolute Gasteiger partial charge is 0.296 e. The van der Waals surface area contributed by atoms with E-state index in [0.29, 0.717) is 6.04 Å². The van der Waals surface area contributed by atoms with E-state index in [1.165, 1.54) is 15.4 Å². The summed E-state index contributed by atoms with van der Waals surface area (Å²) in [6.07, 6.45) is 2.82. The topological polar surface area (TPSA) is 40.6 Å². The van der Waals surface area contributed by atoms with Crippen LogP contribution in [0.2, 0.25) is 0 Å². The summed E-state index contributed by atoms with van der Waals surface area (Å²) < 4.78 is 25.4. The first-order valence-corrected chi connectivity index (χ1v) is 9.51. The molecule has 0 unspecified atom stereocenters. The molecule has 0 N–H and O–H groups in total. The highest BCUT2D eigenvalue weighted by Gasteiger charge is 2.37. The zero-order chi connectivity index (χ0) is 15.0. The Labute approximate surface area is 131 Å². The van der Waals surface area contributed by atoms with Crippen LogP contribution in [0.5, 0.6) is 0 Å². The molecule has 2 aliphatic rings. The van der Waals surface area contributed by atoms with Gasteiger partial charge in [0, 0.05) is 32.2 Å². The second-order valence-corrected chi connectivity index (χ2v) is 8.53. The van der Waals surface area contributed by atoms with E-state index in [1.807, 2.05) is 0 Å². The third-order valence-corrected chi connectivity index (χ3v) is 7.14. The van der Waals surface area contributed by atoms with Gasteiger partial charge in [0.15, 0.2) is 0 Å². The van der Waals surface area contributed by atoms with Crippen LogP contribution < -0.4 is 0 Å². The maximum atomic E-state index is 12.0. The normalized spacial score (nSPS) is 26.4. The predicted octanol–water partition coefficient (Wildman–Crippen LogP) is 2.21. The second kappa shape index (κ2) is 5.88. The van der Waals surface area contributed by atoms with Gasteiger partial charge in [0.1, 0.15) is 5.21 Å². The molecule has 116 valence electrons. The summed E-state index contributed by atoms with van der Waals surface area (Å²) in [5.41, 5.74) is 2.77.